The van der Waals surface area contributed by atoms with E-state index < -0.39 is 0 Å². The van der Waals surface area contributed by atoms with Gasteiger partial charge in [0.1, 0.15) is 22.3 Å². The number of furan rings is 2. The van der Waals surface area contributed by atoms with Gasteiger partial charge in [-0.3, -0.25) is 0 Å². The molecule has 10 nitrogen and oxygen atoms in total. The minimum atomic E-state index is -0.384. The Bertz CT molecular complexity index is 7890. The molecule has 6 heterocycles. The summed E-state index contributed by atoms with van der Waals surface area (Å²) in [6.07, 6.45) is 0.748. The number of hydrogen-bond donors (Lipinski definition) is 0. The van der Waals surface area contributed by atoms with Gasteiger partial charge in [0, 0.05) is 105 Å². The Morgan fingerprint density at radius 2 is 0.661 bits per heavy atom. The van der Waals surface area contributed by atoms with E-state index in [0.717, 1.165) is 155 Å². The van der Waals surface area contributed by atoms with E-state index in [9.17, 15) is 0 Å². The summed E-state index contributed by atoms with van der Waals surface area (Å²) in [4.78, 5) is 32.5. The van der Waals surface area contributed by atoms with Crippen molar-refractivity contribution < 1.29 is 8.83 Å². The van der Waals surface area contributed by atoms with E-state index in [-0.39, 0.29) is 10.8 Å². The molecule has 2 aliphatic carbocycles. The zero-order valence-corrected chi connectivity index (χ0v) is 64.7. The van der Waals surface area contributed by atoms with Gasteiger partial charge >= 0.3 is 0 Å². The van der Waals surface area contributed by atoms with Gasteiger partial charge in [0.25, 0.3) is 0 Å². The van der Waals surface area contributed by atoms with Crippen molar-refractivity contribution >= 4 is 87.5 Å². The van der Waals surface area contributed by atoms with E-state index in [2.05, 4.69) is 315 Å². The monoisotopic (exact) mass is 1510 g/mol. The van der Waals surface area contributed by atoms with Crippen molar-refractivity contribution in [3.05, 3.63) is 386 Å². The van der Waals surface area contributed by atoms with Crippen molar-refractivity contribution in [2.24, 2.45) is 0 Å². The molecular formula is C108H70N8O2. The van der Waals surface area contributed by atoms with Crippen LogP contribution in [0.25, 0.3) is 212 Å². The first-order valence-electron chi connectivity index (χ1n) is 40.3. The topological polar surface area (TPSA) is 113 Å². The van der Waals surface area contributed by atoms with Crippen molar-refractivity contribution in [3.8, 4) is 124 Å². The molecule has 2 aliphatic rings. The molecule has 6 aromatic heterocycles. The van der Waals surface area contributed by atoms with Crippen LogP contribution in [-0.4, -0.2) is 39.0 Å². The minimum Gasteiger partial charge on any atom is -0.456 e. The molecule has 0 fully saturated rings. The fourth-order valence-corrected chi connectivity index (χ4v) is 19.5. The number of para-hydroxylation sites is 5. The third-order valence-corrected chi connectivity index (χ3v) is 25.1. The fourth-order valence-electron chi connectivity index (χ4n) is 19.5. The van der Waals surface area contributed by atoms with Crippen molar-refractivity contribution in [2.45, 2.75) is 38.0 Å². The summed E-state index contributed by atoms with van der Waals surface area (Å²) in [5.74, 6) is 3.43. The van der Waals surface area contributed by atoms with Gasteiger partial charge in [-0.1, -0.05) is 318 Å². The van der Waals surface area contributed by atoms with Crippen LogP contribution in [0.3, 0.4) is 0 Å². The van der Waals surface area contributed by atoms with Crippen LogP contribution in [0.5, 0.6) is 0 Å². The molecule has 0 saturated heterocycles. The van der Waals surface area contributed by atoms with E-state index >= 15 is 0 Å². The summed E-state index contributed by atoms with van der Waals surface area (Å²) in [6.45, 7) is 7.12. The fraction of sp³-hybridized carbons (Fsp3) is 0.0556. The Morgan fingerprint density at radius 1 is 0.246 bits per heavy atom. The lowest BCUT2D eigenvalue weighted by atomic mass is 9.75. The maximum atomic E-state index is 6.87. The van der Waals surface area contributed by atoms with Gasteiger partial charge in [-0.2, -0.15) is 0 Å². The summed E-state index contributed by atoms with van der Waals surface area (Å²) in [6, 6.07) is 128. The second-order valence-electron chi connectivity index (χ2n) is 32.2. The van der Waals surface area contributed by atoms with E-state index in [1.54, 1.807) is 0 Å². The normalized spacial score (nSPS) is 14.0. The number of benzene rings is 16. The zero-order chi connectivity index (χ0) is 78.1. The van der Waals surface area contributed by atoms with Crippen molar-refractivity contribution in [3.63, 3.8) is 0 Å². The van der Waals surface area contributed by atoms with Gasteiger partial charge < -0.3 is 18.0 Å². The largest absolute Gasteiger partial charge is 0.456 e. The van der Waals surface area contributed by atoms with Gasteiger partial charge in [0.05, 0.1) is 33.4 Å². The lowest BCUT2D eigenvalue weighted by molar-refractivity contribution is 0.583. The molecule has 0 spiro atoms. The van der Waals surface area contributed by atoms with Crippen LogP contribution in [0, 0.1) is 0 Å². The molecular weight excluding hydrogens is 1440 g/mol. The number of hydrogen-bond acceptors (Lipinski definition) is 8. The van der Waals surface area contributed by atoms with Crippen LogP contribution >= 0.6 is 0 Å². The van der Waals surface area contributed by atoms with Crippen LogP contribution < -0.4 is 0 Å². The van der Waals surface area contributed by atoms with E-state index in [1.165, 1.54) is 55.6 Å². The Kier molecular flexibility index (Phi) is 14.8. The maximum absolute atomic E-state index is 6.87. The molecule has 0 saturated carbocycles. The molecule has 0 radical (unpaired) electrons. The highest BCUT2D eigenvalue weighted by molar-refractivity contribution is 6.17. The number of fused-ring (bicyclic) bond motifs is 18. The van der Waals surface area contributed by atoms with E-state index in [0.29, 0.717) is 34.9 Å². The van der Waals surface area contributed by atoms with Crippen molar-refractivity contribution in [1.29, 1.82) is 0 Å². The first-order chi connectivity index (χ1) is 58.1. The summed E-state index contributed by atoms with van der Waals surface area (Å²) >= 11 is 0. The first kappa shape index (κ1) is 67.3. The maximum Gasteiger partial charge on any atom is 0.166 e. The second kappa shape index (κ2) is 25.9. The highest BCUT2D eigenvalue weighted by atomic mass is 16.3. The Hall–Kier alpha value is -15.3. The number of nitrogens with zero attached hydrogens (tertiary/aromatic N) is 8. The molecule has 118 heavy (non-hydrogen) atoms. The average molecular weight is 1510 g/mol. The number of aromatic nitrogens is 8. The van der Waals surface area contributed by atoms with Gasteiger partial charge in [-0.05, 0) is 122 Å². The van der Waals surface area contributed by atoms with E-state index in [1.807, 2.05) is 72.8 Å². The molecule has 24 rings (SSSR count). The lowest BCUT2D eigenvalue weighted by Gasteiger charge is -2.28. The van der Waals surface area contributed by atoms with Crippen LogP contribution in [0.4, 0.5) is 0 Å². The summed E-state index contributed by atoms with van der Waals surface area (Å²) in [7, 11) is 0. The summed E-state index contributed by atoms with van der Waals surface area (Å²) < 4.78 is 18.5. The molecule has 1 unspecified atom stereocenters. The SMILES string of the molecule is CC1(C)c2ccccc2-c2c(-c3cccc4c5ccccc5n(-c5cc6oc7ccccc7c6cc5-c5nc(-c6ccccc6)nc(-c6ccc(CC7(C)c8ccccc8-c8cc(-c9ccc%10c%11ccccc%11n(-c%11cc%12oc%13ccccc%13c%12cc%11-c%11nc(-c%12ccccc%12)nc(-c%12ccccc%12)n%11)c%10c9)ccc87)cc6)n5)c34)cccc21. The predicted octanol–water partition coefficient (Wildman–Crippen LogP) is 27.2. The van der Waals surface area contributed by atoms with Crippen molar-refractivity contribution in [2.75, 3.05) is 0 Å². The summed E-state index contributed by atoms with van der Waals surface area (Å²) in [5.41, 5.74) is 29.8. The minimum absolute atomic E-state index is 0.187. The average Bonchev–Trinajstić information content (AvgIpc) is 1.55. The first-order valence-corrected chi connectivity index (χ1v) is 40.3. The zero-order valence-electron chi connectivity index (χ0n) is 64.7. The van der Waals surface area contributed by atoms with Gasteiger partial charge in [0.15, 0.2) is 34.9 Å². The highest BCUT2D eigenvalue weighted by Gasteiger charge is 2.41. The van der Waals surface area contributed by atoms with Crippen LogP contribution in [-0.2, 0) is 17.3 Å². The third kappa shape index (κ3) is 10.3. The van der Waals surface area contributed by atoms with Crippen LogP contribution in [0.2, 0.25) is 0 Å². The van der Waals surface area contributed by atoms with Crippen LogP contribution in [0.1, 0.15) is 48.6 Å². The predicted molar refractivity (Wildman–Crippen MR) is 480 cm³/mol. The molecule has 0 amide bonds. The summed E-state index contributed by atoms with van der Waals surface area (Å²) in [5, 5.41) is 8.53. The van der Waals surface area contributed by atoms with E-state index in [4.69, 9.17) is 38.7 Å². The standard InChI is InChI=1S/C108H70N8O2/c1-107(2)86-42-19-14-38-80(86)99-77(39-26-44-89(99)107)79-41-25-40-78-73-35-16-22-46-91(73)116(100(78)79)94-62-98-83(76-37-18-24-48-96(76)118-98)60-85(94)106-113-103(67-31-11-6-12-32-67)110-104(114-106)68-51-49-64(50-52-68)63-108(3)87-43-20-13-33-71(87)81-57-69(54-56-88(81)108)70-53-55-74-72-34-15-21-45-90(72)115(92(74)58-70)93-61-97-82(75-36-17-23-47-95(75)117-97)59-84(93)105-111-101(65-27-7-4-8-28-65)109-102(112-105)66-29-9-5-10-30-66/h4-62H,63H2,1-3H3. The smallest absolute Gasteiger partial charge is 0.166 e. The van der Waals surface area contributed by atoms with Gasteiger partial charge in [0.2, 0.25) is 0 Å². The highest BCUT2D eigenvalue weighted by Crippen LogP contribution is 2.56. The number of rotatable bonds is 12. The van der Waals surface area contributed by atoms with Crippen LogP contribution in [0.15, 0.2) is 367 Å². The molecule has 16 aromatic carbocycles. The molecule has 1 atom stereocenters. The molecule has 554 valence electrons. The molecule has 10 heteroatoms. The molecule has 0 N–H and O–H groups in total. The Labute approximate surface area is 679 Å². The Morgan fingerprint density at radius 3 is 1.27 bits per heavy atom. The van der Waals surface area contributed by atoms with Gasteiger partial charge in [-0.15, -0.1) is 0 Å². The third-order valence-electron chi connectivity index (χ3n) is 25.1. The van der Waals surface area contributed by atoms with Gasteiger partial charge in [-0.25, -0.2) is 29.9 Å². The molecule has 0 aliphatic heterocycles. The molecule has 0 bridgehead atoms. The quantitative estimate of drug-likeness (QED) is 0.119. The Balaban J connectivity index is 0.622. The molecule has 22 aromatic rings. The second-order valence-corrected chi connectivity index (χ2v) is 32.2. The lowest BCUT2D eigenvalue weighted by Crippen LogP contribution is -2.23. The van der Waals surface area contributed by atoms with Crippen molar-refractivity contribution in [1.82, 2.24) is 39.0 Å².